The van der Waals surface area contributed by atoms with E-state index in [4.69, 9.17) is 4.42 Å². The van der Waals surface area contributed by atoms with Gasteiger partial charge in [0.2, 0.25) is 0 Å². The molecular formula is C20H25N3O2. The minimum Gasteiger partial charge on any atom is -0.448 e. The number of hydrogen-bond donors (Lipinski definition) is 0. The molecule has 132 valence electrons. The van der Waals surface area contributed by atoms with Crippen LogP contribution in [-0.2, 0) is 6.42 Å². The molecule has 4 rings (SSSR count). The van der Waals surface area contributed by atoms with E-state index < -0.39 is 0 Å². The van der Waals surface area contributed by atoms with Gasteiger partial charge in [-0.2, -0.15) is 0 Å². The third-order valence-electron chi connectivity index (χ3n) is 5.27. The minimum atomic E-state index is -0.102. The largest absolute Gasteiger partial charge is 0.448 e. The number of hydrogen-bond acceptors (Lipinski definition) is 4. The van der Waals surface area contributed by atoms with Crippen LogP contribution in [0.5, 0.6) is 0 Å². The smallest absolute Gasteiger partial charge is 0.281 e. The zero-order valence-corrected chi connectivity index (χ0v) is 14.6. The zero-order valence-electron chi connectivity index (χ0n) is 14.6. The lowest BCUT2D eigenvalue weighted by atomic mass is 9.89. The molecule has 0 radical (unpaired) electrons. The molecule has 5 nitrogen and oxygen atoms in total. The Hall–Kier alpha value is -2.17. The maximum atomic E-state index is 13.1. The van der Waals surface area contributed by atoms with Crippen molar-refractivity contribution < 1.29 is 9.21 Å². The Kier molecular flexibility index (Phi) is 4.81. The zero-order chi connectivity index (χ0) is 17.1. The predicted octanol–water partition coefficient (Wildman–Crippen LogP) is 4.25. The van der Waals surface area contributed by atoms with Gasteiger partial charge >= 0.3 is 0 Å². The summed E-state index contributed by atoms with van der Waals surface area (Å²) in [6.45, 7) is 0.709. The van der Waals surface area contributed by atoms with E-state index in [1.54, 1.807) is 11.1 Å². The standard InChI is InChI=1S/C20H25N3O2/c24-20(17-14-25-19(22-17)12-15-9-10-15)23(18-8-4-5-11-21-18)13-16-6-2-1-3-7-16/h4-5,8,11,14-16H,1-3,6-7,9-10,12-13H2. The topological polar surface area (TPSA) is 59.2 Å². The van der Waals surface area contributed by atoms with E-state index in [1.165, 1.54) is 51.2 Å². The highest BCUT2D eigenvalue weighted by atomic mass is 16.3. The van der Waals surface area contributed by atoms with Gasteiger partial charge in [0.25, 0.3) is 5.91 Å². The fraction of sp³-hybridized carbons (Fsp3) is 0.550. The number of nitrogens with zero attached hydrogens (tertiary/aromatic N) is 3. The van der Waals surface area contributed by atoms with Crippen LogP contribution in [0, 0.1) is 11.8 Å². The van der Waals surface area contributed by atoms with Crippen molar-refractivity contribution in [3.8, 4) is 0 Å². The van der Waals surface area contributed by atoms with Crippen LogP contribution in [0.1, 0.15) is 61.3 Å². The van der Waals surface area contributed by atoms with Crippen LogP contribution in [0.15, 0.2) is 35.1 Å². The van der Waals surface area contributed by atoms with Gasteiger partial charge in [0.15, 0.2) is 11.6 Å². The van der Waals surface area contributed by atoms with Gasteiger partial charge in [-0.3, -0.25) is 9.69 Å². The average molecular weight is 339 g/mol. The van der Waals surface area contributed by atoms with Gasteiger partial charge in [-0.25, -0.2) is 9.97 Å². The molecule has 5 heteroatoms. The Morgan fingerprint density at radius 1 is 1.12 bits per heavy atom. The Morgan fingerprint density at radius 3 is 2.68 bits per heavy atom. The van der Waals surface area contributed by atoms with Crippen LogP contribution >= 0.6 is 0 Å². The van der Waals surface area contributed by atoms with Crippen LogP contribution in [0.2, 0.25) is 0 Å². The second kappa shape index (κ2) is 7.38. The molecule has 2 aromatic rings. The first-order chi connectivity index (χ1) is 12.3. The van der Waals surface area contributed by atoms with Crippen molar-refractivity contribution in [2.75, 3.05) is 11.4 Å². The third kappa shape index (κ3) is 4.09. The van der Waals surface area contributed by atoms with Crippen LogP contribution < -0.4 is 4.90 Å². The summed E-state index contributed by atoms with van der Waals surface area (Å²) in [6.07, 6.45) is 12.8. The molecule has 1 amide bonds. The second-order valence-electron chi connectivity index (χ2n) is 7.38. The van der Waals surface area contributed by atoms with Gasteiger partial charge in [-0.05, 0) is 49.7 Å². The molecule has 2 aliphatic carbocycles. The number of carbonyl (C=O) groups is 1. The van der Waals surface area contributed by atoms with Crippen molar-refractivity contribution >= 4 is 11.7 Å². The first kappa shape index (κ1) is 16.3. The van der Waals surface area contributed by atoms with E-state index in [2.05, 4.69) is 9.97 Å². The van der Waals surface area contributed by atoms with Gasteiger partial charge in [0, 0.05) is 19.2 Å². The number of pyridine rings is 1. The Morgan fingerprint density at radius 2 is 1.96 bits per heavy atom. The maximum Gasteiger partial charge on any atom is 0.281 e. The molecule has 2 fully saturated rings. The molecule has 0 saturated heterocycles. The summed E-state index contributed by atoms with van der Waals surface area (Å²) in [5.74, 6) is 2.51. The summed E-state index contributed by atoms with van der Waals surface area (Å²) in [5, 5.41) is 0. The highest BCUT2D eigenvalue weighted by Gasteiger charge is 2.28. The first-order valence-electron chi connectivity index (χ1n) is 9.47. The van der Waals surface area contributed by atoms with Crippen molar-refractivity contribution in [3.63, 3.8) is 0 Å². The molecule has 25 heavy (non-hydrogen) atoms. The van der Waals surface area contributed by atoms with Gasteiger partial charge in [0.1, 0.15) is 12.1 Å². The lowest BCUT2D eigenvalue weighted by Gasteiger charge is -2.28. The molecule has 2 heterocycles. The second-order valence-corrected chi connectivity index (χ2v) is 7.38. The molecule has 0 unspecified atom stereocenters. The van der Waals surface area contributed by atoms with E-state index in [1.807, 2.05) is 18.2 Å². The molecule has 0 spiro atoms. The van der Waals surface area contributed by atoms with Crippen LogP contribution in [-0.4, -0.2) is 22.4 Å². The summed E-state index contributed by atoms with van der Waals surface area (Å²) < 4.78 is 5.53. The van der Waals surface area contributed by atoms with E-state index in [0.29, 0.717) is 35.8 Å². The monoisotopic (exact) mass is 339 g/mol. The summed E-state index contributed by atoms with van der Waals surface area (Å²) in [6, 6.07) is 5.69. The van der Waals surface area contributed by atoms with E-state index in [0.717, 1.165) is 6.42 Å². The molecular weight excluding hydrogens is 314 g/mol. The molecule has 0 bridgehead atoms. The maximum absolute atomic E-state index is 13.1. The van der Waals surface area contributed by atoms with Gasteiger partial charge in [0.05, 0.1) is 0 Å². The SMILES string of the molecule is O=C(c1coc(CC2CC2)n1)N(CC1CCCCC1)c1ccccn1. The molecule has 0 N–H and O–H groups in total. The lowest BCUT2D eigenvalue weighted by Crippen LogP contribution is -2.37. The summed E-state index contributed by atoms with van der Waals surface area (Å²) in [7, 11) is 0. The molecule has 0 aliphatic heterocycles. The Bertz CT molecular complexity index is 703. The number of anilines is 1. The number of carbonyl (C=O) groups excluding carboxylic acids is 1. The average Bonchev–Trinajstić information content (AvgIpc) is 3.35. The quantitative estimate of drug-likeness (QED) is 0.789. The molecule has 2 aromatic heterocycles. The normalized spacial score (nSPS) is 18.2. The van der Waals surface area contributed by atoms with Crippen molar-refractivity contribution in [1.82, 2.24) is 9.97 Å². The van der Waals surface area contributed by atoms with Crippen molar-refractivity contribution in [1.29, 1.82) is 0 Å². The van der Waals surface area contributed by atoms with Crippen molar-refractivity contribution in [2.45, 2.75) is 51.4 Å². The summed E-state index contributed by atoms with van der Waals surface area (Å²) in [5.41, 5.74) is 0.400. The Labute approximate surface area is 148 Å². The molecule has 2 saturated carbocycles. The molecule has 0 aromatic carbocycles. The number of oxazole rings is 1. The van der Waals surface area contributed by atoms with E-state index in [9.17, 15) is 4.79 Å². The van der Waals surface area contributed by atoms with Crippen LogP contribution in [0.4, 0.5) is 5.82 Å². The molecule has 0 atom stereocenters. The van der Waals surface area contributed by atoms with Gasteiger partial charge in [-0.15, -0.1) is 0 Å². The summed E-state index contributed by atoms with van der Waals surface area (Å²) in [4.78, 5) is 23.7. The molecule has 2 aliphatic rings. The number of rotatable bonds is 6. The highest BCUT2D eigenvalue weighted by molar-refractivity contribution is 6.04. The third-order valence-corrected chi connectivity index (χ3v) is 5.27. The van der Waals surface area contributed by atoms with Gasteiger partial charge in [-0.1, -0.05) is 25.3 Å². The van der Waals surface area contributed by atoms with Crippen molar-refractivity contribution in [3.05, 3.63) is 42.2 Å². The number of amides is 1. The minimum absolute atomic E-state index is 0.102. The van der Waals surface area contributed by atoms with E-state index in [-0.39, 0.29) is 5.91 Å². The lowest BCUT2D eigenvalue weighted by molar-refractivity contribution is 0.0974. The van der Waals surface area contributed by atoms with Crippen molar-refractivity contribution in [2.24, 2.45) is 11.8 Å². The van der Waals surface area contributed by atoms with Crippen LogP contribution in [0.25, 0.3) is 0 Å². The number of aromatic nitrogens is 2. The summed E-state index contributed by atoms with van der Waals surface area (Å²) >= 11 is 0. The fourth-order valence-corrected chi connectivity index (χ4v) is 3.63. The fourth-order valence-electron chi connectivity index (χ4n) is 3.63. The highest BCUT2D eigenvalue weighted by Crippen LogP contribution is 2.32. The van der Waals surface area contributed by atoms with E-state index >= 15 is 0 Å². The van der Waals surface area contributed by atoms with Gasteiger partial charge < -0.3 is 4.42 Å². The predicted molar refractivity (Wildman–Crippen MR) is 95.4 cm³/mol. The first-order valence-corrected chi connectivity index (χ1v) is 9.47. The Balaban J connectivity index is 1.53. The van der Waals surface area contributed by atoms with Crippen LogP contribution in [0.3, 0.4) is 0 Å².